The molecule has 0 saturated heterocycles. The molecule has 0 radical (unpaired) electrons. The maximum Gasteiger partial charge on any atom is 0.143 e. The molecule has 0 aliphatic rings. The third-order valence-corrected chi connectivity index (χ3v) is 11.7. The Labute approximate surface area is 349 Å². The van der Waals surface area contributed by atoms with Gasteiger partial charge in [-0.15, -0.1) is 0 Å². The predicted molar refractivity (Wildman–Crippen MR) is 253 cm³/mol. The second-order valence-electron chi connectivity index (χ2n) is 15.3. The van der Waals surface area contributed by atoms with Gasteiger partial charge in [0, 0.05) is 33.2 Å². The first kappa shape index (κ1) is 35.2. The maximum absolute atomic E-state index is 6.54. The van der Waals surface area contributed by atoms with Gasteiger partial charge >= 0.3 is 0 Å². The lowest BCUT2D eigenvalue weighted by Crippen LogP contribution is -2.10. The van der Waals surface area contributed by atoms with E-state index in [4.69, 9.17) is 4.42 Å². The largest absolute Gasteiger partial charge is 0.455 e. The van der Waals surface area contributed by atoms with Crippen molar-refractivity contribution in [2.45, 2.75) is 0 Å². The lowest BCUT2D eigenvalue weighted by Gasteiger charge is -2.26. The average molecular weight is 766 g/mol. The van der Waals surface area contributed by atoms with E-state index in [0.717, 1.165) is 61.1 Å². The normalized spacial score (nSPS) is 11.3. The van der Waals surface area contributed by atoms with Gasteiger partial charge in [-0.25, -0.2) is 0 Å². The van der Waals surface area contributed by atoms with Crippen LogP contribution in [0, 0.1) is 0 Å². The third kappa shape index (κ3) is 6.41. The van der Waals surface area contributed by atoms with Crippen molar-refractivity contribution in [3.63, 3.8) is 0 Å². The first-order chi connectivity index (χ1) is 29.7. The van der Waals surface area contributed by atoms with Crippen LogP contribution in [0.1, 0.15) is 0 Å². The van der Waals surface area contributed by atoms with Crippen LogP contribution in [0.15, 0.2) is 241 Å². The molecule has 2 heteroatoms. The zero-order valence-electron chi connectivity index (χ0n) is 32.9. The van der Waals surface area contributed by atoms with Gasteiger partial charge in [-0.2, -0.15) is 0 Å². The molecule has 60 heavy (non-hydrogen) atoms. The Morgan fingerprint density at radius 2 is 0.817 bits per heavy atom. The predicted octanol–water partition coefficient (Wildman–Crippen LogP) is 16.5. The smallest absolute Gasteiger partial charge is 0.143 e. The summed E-state index contributed by atoms with van der Waals surface area (Å²) in [6.07, 6.45) is 0. The highest BCUT2D eigenvalue weighted by atomic mass is 16.3. The number of fused-ring (bicyclic) bond motifs is 5. The maximum atomic E-state index is 6.54. The molecule has 0 saturated carbocycles. The number of rotatable bonds is 8. The highest BCUT2D eigenvalue weighted by molar-refractivity contribution is 6.19. The summed E-state index contributed by atoms with van der Waals surface area (Å²) in [5.41, 5.74) is 16.9. The van der Waals surface area contributed by atoms with E-state index in [0.29, 0.717) is 0 Å². The molecule has 0 bridgehead atoms. The zero-order valence-corrected chi connectivity index (χ0v) is 32.9. The van der Waals surface area contributed by atoms with Gasteiger partial charge in [-0.1, -0.05) is 182 Å². The monoisotopic (exact) mass is 765 g/mol. The summed E-state index contributed by atoms with van der Waals surface area (Å²) >= 11 is 0. The van der Waals surface area contributed by atoms with E-state index < -0.39 is 0 Å². The summed E-state index contributed by atoms with van der Waals surface area (Å²) in [6.45, 7) is 0. The first-order valence-electron chi connectivity index (χ1n) is 20.5. The van der Waals surface area contributed by atoms with Crippen LogP contribution in [0.5, 0.6) is 0 Å². The number of hydrogen-bond donors (Lipinski definition) is 0. The molecule has 1 heterocycles. The quantitative estimate of drug-likeness (QED) is 0.153. The summed E-state index contributed by atoms with van der Waals surface area (Å²) in [5, 5.41) is 4.58. The van der Waals surface area contributed by atoms with E-state index in [9.17, 15) is 0 Å². The fourth-order valence-corrected chi connectivity index (χ4v) is 8.74. The van der Waals surface area contributed by atoms with Crippen LogP contribution in [0.2, 0.25) is 0 Å². The minimum atomic E-state index is 0.896. The van der Waals surface area contributed by atoms with Crippen LogP contribution in [0.25, 0.3) is 88.3 Å². The Kier molecular flexibility index (Phi) is 8.87. The lowest BCUT2D eigenvalue weighted by molar-refractivity contribution is 0.673. The molecule has 0 unspecified atom stereocenters. The van der Waals surface area contributed by atoms with Crippen molar-refractivity contribution in [2.24, 2.45) is 0 Å². The molecule has 0 aliphatic heterocycles. The highest BCUT2D eigenvalue weighted by Crippen LogP contribution is 2.43. The number of anilines is 3. The van der Waals surface area contributed by atoms with Crippen LogP contribution in [0.3, 0.4) is 0 Å². The minimum Gasteiger partial charge on any atom is -0.455 e. The van der Waals surface area contributed by atoms with E-state index in [2.05, 4.69) is 241 Å². The Bertz CT molecular complexity index is 3280. The molecule has 0 amide bonds. The fourth-order valence-electron chi connectivity index (χ4n) is 8.74. The molecule has 282 valence electrons. The summed E-state index contributed by atoms with van der Waals surface area (Å²) in [7, 11) is 0. The van der Waals surface area contributed by atoms with Gasteiger partial charge in [-0.05, 0) is 116 Å². The third-order valence-electron chi connectivity index (χ3n) is 11.7. The lowest BCUT2D eigenvalue weighted by atomic mass is 9.91. The second-order valence-corrected chi connectivity index (χ2v) is 15.3. The number of furan rings is 1. The Balaban J connectivity index is 0.998. The van der Waals surface area contributed by atoms with E-state index in [1.54, 1.807) is 0 Å². The molecular formula is C58H39NO. The molecule has 0 N–H and O–H groups in total. The van der Waals surface area contributed by atoms with Crippen LogP contribution >= 0.6 is 0 Å². The molecule has 0 spiro atoms. The highest BCUT2D eigenvalue weighted by Gasteiger charge is 2.18. The van der Waals surface area contributed by atoms with E-state index >= 15 is 0 Å². The van der Waals surface area contributed by atoms with E-state index in [-0.39, 0.29) is 0 Å². The molecule has 0 atom stereocenters. The van der Waals surface area contributed by atoms with Gasteiger partial charge in [0.2, 0.25) is 0 Å². The van der Waals surface area contributed by atoms with Crippen LogP contribution in [-0.2, 0) is 0 Å². The van der Waals surface area contributed by atoms with Crippen LogP contribution in [0.4, 0.5) is 17.1 Å². The first-order valence-corrected chi connectivity index (χ1v) is 20.5. The summed E-state index contributed by atoms with van der Waals surface area (Å²) in [6, 6.07) is 84.8. The van der Waals surface area contributed by atoms with Crippen molar-refractivity contribution in [1.29, 1.82) is 0 Å². The number of hydrogen-bond acceptors (Lipinski definition) is 2. The number of benzene rings is 10. The molecule has 0 fully saturated rings. The summed E-state index contributed by atoms with van der Waals surface area (Å²) in [5.74, 6) is 0. The van der Waals surface area contributed by atoms with Gasteiger partial charge in [0.15, 0.2) is 0 Å². The Hall–Kier alpha value is -7.94. The molecule has 11 rings (SSSR count). The second kappa shape index (κ2) is 15.1. The number of nitrogens with zero attached hydrogens (tertiary/aromatic N) is 1. The zero-order chi connectivity index (χ0) is 39.8. The van der Waals surface area contributed by atoms with Crippen LogP contribution in [-0.4, -0.2) is 0 Å². The molecule has 2 nitrogen and oxygen atoms in total. The van der Waals surface area contributed by atoms with Gasteiger partial charge in [-0.3, -0.25) is 0 Å². The van der Waals surface area contributed by atoms with Crippen molar-refractivity contribution < 1.29 is 4.42 Å². The van der Waals surface area contributed by atoms with Crippen LogP contribution < -0.4 is 4.90 Å². The summed E-state index contributed by atoms with van der Waals surface area (Å²) in [4.78, 5) is 2.36. The van der Waals surface area contributed by atoms with Crippen molar-refractivity contribution in [1.82, 2.24) is 0 Å². The van der Waals surface area contributed by atoms with Crippen molar-refractivity contribution in [2.75, 3.05) is 4.90 Å². The standard InChI is InChI=1S/C58H39NO/c1-4-14-40(15-5-1)46-21-12-22-50(38-46)59(48-32-26-41(27-33-48)47-31-36-51(42-16-6-2-7-17-42)55(39-47)43-18-8-3-9-19-43)49-34-28-45(29-35-49)52-24-13-25-56-57(52)54-37-30-44-20-10-11-23-53(44)58(54)60-56/h1-39H. The van der Waals surface area contributed by atoms with E-state index in [1.165, 1.54) is 44.3 Å². The van der Waals surface area contributed by atoms with Gasteiger partial charge in [0.05, 0.1) is 0 Å². The molecular weight excluding hydrogens is 727 g/mol. The average Bonchev–Trinajstić information content (AvgIpc) is 3.73. The van der Waals surface area contributed by atoms with Gasteiger partial charge in [0.1, 0.15) is 11.2 Å². The van der Waals surface area contributed by atoms with Crippen molar-refractivity contribution in [3.8, 4) is 55.6 Å². The molecule has 1 aromatic heterocycles. The fraction of sp³-hybridized carbons (Fsp3) is 0. The van der Waals surface area contributed by atoms with Crippen molar-refractivity contribution >= 4 is 49.8 Å². The molecule has 10 aromatic carbocycles. The van der Waals surface area contributed by atoms with Gasteiger partial charge in [0.25, 0.3) is 0 Å². The van der Waals surface area contributed by atoms with E-state index in [1.807, 2.05) is 0 Å². The molecule has 0 aliphatic carbocycles. The van der Waals surface area contributed by atoms with Crippen molar-refractivity contribution in [3.05, 3.63) is 237 Å². The minimum absolute atomic E-state index is 0.896. The Morgan fingerprint density at radius 1 is 0.283 bits per heavy atom. The molecule has 11 aromatic rings. The van der Waals surface area contributed by atoms with Gasteiger partial charge < -0.3 is 9.32 Å². The SMILES string of the molecule is c1ccc(-c2cccc(N(c3ccc(-c4ccc(-c5ccccc5)c(-c5ccccc5)c4)cc3)c3ccc(-c4cccc5oc6c7ccccc7ccc6c45)cc3)c2)cc1. The summed E-state index contributed by atoms with van der Waals surface area (Å²) < 4.78 is 6.54. The Morgan fingerprint density at radius 3 is 1.53 bits per heavy atom. The topological polar surface area (TPSA) is 16.4 Å².